The summed E-state index contributed by atoms with van der Waals surface area (Å²) in [4.78, 5) is 13.8. The maximum Gasteiger partial charge on any atom is 0.217 e. The van der Waals surface area contributed by atoms with Crippen molar-refractivity contribution in [3.8, 4) is 5.75 Å². The van der Waals surface area contributed by atoms with Gasteiger partial charge in [0.1, 0.15) is 5.75 Å². The fraction of sp³-hybridized carbons (Fsp3) is 0.562. The number of ether oxygens (including phenoxy) is 2. The Morgan fingerprint density at radius 3 is 2.57 bits per heavy atom. The first kappa shape index (κ1) is 15.8. The molecule has 2 rings (SSSR count). The van der Waals surface area contributed by atoms with E-state index in [0.29, 0.717) is 12.5 Å². The summed E-state index contributed by atoms with van der Waals surface area (Å²) >= 11 is 0. The summed E-state index contributed by atoms with van der Waals surface area (Å²) in [6.45, 7) is 4.96. The first-order chi connectivity index (χ1) is 10.1. The molecule has 5 nitrogen and oxygen atoms in total. The van der Waals surface area contributed by atoms with Gasteiger partial charge in [-0.25, -0.2) is 0 Å². The van der Waals surface area contributed by atoms with Crippen molar-refractivity contribution in [2.24, 2.45) is 0 Å². The average Bonchev–Trinajstić information content (AvgIpc) is 2.87. The summed E-state index contributed by atoms with van der Waals surface area (Å²) in [5, 5.41) is 3.07. The van der Waals surface area contributed by atoms with Gasteiger partial charge in [0, 0.05) is 45.6 Å². The smallest absolute Gasteiger partial charge is 0.217 e. The average molecular weight is 292 g/mol. The fourth-order valence-electron chi connectivity index (χ4n) is 2.88. The van der Waals surface area contributed by atoms with E-state index in [4.69, 9.17) is 9.47 Å². The largest absolute Gasteiger partial charge is 0.497 e. The number of benzene rings is 1. The first-order valence-corrected chi connectivity index (χ1v) is 7.26. The van der Waals surface area contributed by atoms with Crippen molar-refractivity contribution in [3.05, 3.63) is 29.8 Å². The van der Waals surface area contributed by atoms with Crippen molar-refractivity contribution in [1.82, 2.24) is 10.2 Å². The zero-order chi connectivity index (χ0) is 15.2. The van der Waals surface area contributed by atoms with E-state index in [-0.39, 0.29) is 11.9 Å². The van der Waals surface area contributed by atoms with Gasteiger partial charge in [-0.15, -0.1) is 0 Å². The molecule has 0 unspecified atom stereocenters. The maximum absolute atomic E-state index is 11.4. The standard InChI is InChI=1S/C16H24N2O3/c1-12(19)17-16-11-18(8-9-20-2)10-15(16)13-4-6-14(21-3)7-5-13/h4-7,15-16H,8-11H2,1-3H3,(H,17,19)/t15-,16+/m0/s1. The van der Waals surface area contributed by atoms with E-state index >= 15 is 0 Å². The lowest BCUT2D eigenvalue weighted by Gasteiger charge is -2.19. The molecule has 1 aliphatic heterocycles. The van der Waals surface area contributed by atoms with Crippen LogP contribution in [0.1, 0.15) is 18.4 Å². The van der Waals surface area contributed by atoms with Gasteiger partial charge in [-0.05, 0) is 17.7 Å². The second-order valence-corrected chi connectivity index (χ2v) is 5.44. The molecule has 2 atom stereocenters. The Bertz CT molecular complexity index is 461. The second kappa shape index (κ2) is 7.43. The summed E-state index contributed by atoms with van der Waals surface area (Å²) in [6.07, 6.45) is 0. The minimum Gasteiger partial charge on any atom is -0.497 e. The van der Waals surface area contributed by atoms with E-state index in [9.17, 15) is 4.79 Å². The molecule has 1 aromatic carbocycles. The van der Waals surface area contributed by atoms with Crippen LogP contribution < -0.4 is 10.1 Å². The summed E-state index contributed by atoms with van der Waals surface area (Å²) in [6, 6.07) is 8.25. The van der Waals surface area contributed by atoms with Crippen LogP contribution in [0.25, 0.3) is 0 Å². The van der Waals surface area contributed by atoms with Gasteiger partial charge in [0.05, 0.1) is 13.7 Å². The van der Waals surface area contributed by atoms with Crippen LogP contribution in [-0.4, -0.2) is 57.3 Å². The SMILES string of the molecule is COCCN1C[C@@H](NC(C)=O)[C@H](c2ccc(OC)cc2)C1. The fourth-order valence-corrected chi connectivity index (χ4v) is 2.88. The Balaban J connectivity index is 2.10. The summed E-state index contributed by atoms with van der Waals surface area (Å²) in [5.41, 5.74) is 1.23. The minimum absolute atomic E-state index is 0.0205. The van der Waals surface area contributed by atoms with Gasteiger partial charge in [0.25, 0.3) is 0 Å². The molecule has 5 heteroatoms. The lowest BCUT2D eigenvalue weighted by Crippen LogP contribution is -2.38. The Morgan fingerprint density at radius 2 is 2.00 bits per heavy atom. The third-order valence-electron chi connectivity index (χ3n) is 3.94. The topological polar surface area (TPSA) is 50.8 Å². The van der Waals surface area contributed by atoms with Gasteiger partial charge in [0.2, 0.25) is 5.91 Å². The molecule has 1 fully saturated rings. The molecule has 116 valence electrons. The molecule has 0 aromatic heterocycles. The molecule has 1 amide bonds. The van der Waals surface area contributed by atoms with Crippen LogP contribution in [-0.2, 0) is 9.53 Å². The molecular weight excluding hydrogens is 268 g/mol. The summed E-state index contributed by atoms with van der Waals surface area (Å²) in [7, 11) is 3.37. The number of nitrogens with zero attached hydrogens (tertiary/aromatic N) is 1. The maximum atomic E-state index is 11.4. The molecule has 0 radical (unpaired) electrons. The van der Waals surface area contributed by atoms with Crippen molar-refractivity contribution >= 4 is 5.91 Å². The van der Waals surface area contributed by atoms with Gasteiger partial charge < -0.3 is 14.8 Å². The van der Waals surface area contributed by atoms with Crippen molar-refractivity contribution < 1.29 is 14.3 Å². The van der Waals surface area contributed by atoms with Gasteiger partial charge in [-0.3, -0.25) is 9.69 Å². The lowest BCUT2D eigenvalue weighted by atomic mass is 9.94. The molecule has 0 aliphatic carbocycles. The van der Waals surface area contributed by atoms with E-state index in [1.54, 1.807) is 21.1 Å². The molecule has 1 saturated heterocycles. The summed E-state index contributed by atoms with van der Waals surface area (Å²) < 4.78 is 10.3. The monoisotopic (exact) mass is 292 g/mol. The van der Waals surface area contributed by atoms with Crippen LogP contribution in [0.3, 0.4) is 0 Å². The number of hydrogen-bond donors (Lipinski definition) is 1. The molecule has 1 aromatic rings. The quantitative estimate of drug-likeness (QED) is 0.857. The third-order valence-corrected chi connectivity index (χ3v) is 3.94. The second-order valence-electron chi connectivity index (χ2n) is 5.44. The summed E-state index contributed by atoms with van der Waals surface area (Å²) in [5.74, 6) is 1.17. The number of carbonyl (C=O) groups excluding carboxylic acids is 1. The van der Waals surface area contributed by atoms with Crippen LogP contribution >= 0.6 is 0 Å². The van der Waals surface area contributed by atoms with E-state index in [2.05, 4.69) is 22.3 Å². The Labute approximate surface area is 126 Å². The highest BCUT2D eigenvalue weighted by Crippen LogP contribution is 2.28. The molecule has 1 aliphatic rings. The van der Waals surface area contributed by atoms with Crippen molar-refractivity contribution in [2.45, 2.75) is 18.9 Å². The highest BCUT2D eigenvalue weighted by atomic mass is 16.5. The van der Waals surface area contributed by atoms with Crippen molar-refractivity contribution in [1.29, 1.82) is 0 Å². The number of methoxy groups -OCH3 is 2. The van der Waals surface area contributed by atoms with E-state index in [0.717, 1.165) is 25.4 Å². The molecule has 0 spiro atoms. The highest BCUT2D eigenvalue weighted by Gasteiger charge is 2.33. The van der Waals surface area contributed by atoms with Crippen LogP contribution in [0.4, 0.5) is 0 Å². The number of likely N-dealkylation sites (tertiary alicyclic amines) is 1. The molecule has 1 heterocycles. The Hall–Kier alpha value is -1.59. The van der Waals surface area contributed by atoms with Gasteiger partial charge in [-0.1, -0.05) is 12.1 Å². The third kappa shape index (κ3) is 4.19. The van der Waals surface area contributed by atoms with Crippen LogP contribution in [0.15, 0.2) is 24.3 Å². The predicted octanol–water partition coefficient (Wildman–Crippen LogP) is 1.25. The molecule has 21 heavy (non-hydrogen) atoms. The number of rotatable bonds is 6. The Morgan fingerprint density at radius 1 is 1.29 bits per heavy atom. The number of carbonyl (C=O) groups is 1. The zero-order valence-corrected chi connectivity index (χ0v) is 13.0. The van der Waals surface area contributed by atoms with Crippen molar-refractivity contribution in [2.75, 3.05) is 40.5 Å². The van der Waals surface area contributed by atoms with E-state index in [1.807, 2.05) is 12.1 Å². The molecular formula is C16H24N2O3. The minimum atomic E-state index is 0.0205. The Kier molecular flexibility index (Phi) is 5.59. The normalized spacial score (nSPS) is 22.2. The predicted molar refractivity (Wildman–Crippen MR) is 81.7 cm³/mol. The van der Waals surface area contributed by atoms with Gasteiger partial charge >= 0.3 is 0 Å². The van der Waals surface area contributed by atoms with Crippen molar-refractivity contribution in [3.63, 3.8) is 0 Å². The van der Waals surface area contributed by atoms with Gasteiger partial charge in [-0.2, -0.15) is 0 Å². The van der Waals surface area contributed by atoms with E-state index < -0.39 is 0 Å². The van der Waals surface area contributed by atoms with Gasteiger partial charge in [0.15, 0.2) is 0 Å². The zero-order valence-electron chi connectivity index (χ0n) is 13.0. The molecule has 0 bridgehead atoms. The van der Waals surface area contributed by atoms with E-state index in [1.165, 1.54) is 5.56 Å². The number of hydrogen-bond acceptors (Lipinski definition) is 4. The highest BCUT2D eigenvalue weighted by molar-refractivity contribution is 5.73. The van der Waals surface area contributed by atoms with Crippen LogP contribution in [0, 0.1) is 0 Å². The van der Waals surface area contributed by atoms with Crippen LogP contribution in [0.2, 0.25) is 0 Å². The first-order valence-electron chi connectivity index (χ1n) is 7.26. The number of nitrogens with one attached hydrogen (secondary N) is 1. The molecule has 0 saturated carbocycles. The van der Waals surface area contributed by atoms with Crippen LogP contribution in [0.5, 0.6) is 5.75 Å². The molecule has 1 N–H and O–H groups in total. The number of amides is 1. The lowest BCUT2D eigenvalue weighted by molar-refractivity contribution is -0.119.